The summed E-state index contributed by atoms with van der Waals surface area (Å²) in [6, 6.07) is 10.7. The van der Waals surface area contributed by atoms with Gasteiger partial charge in [0.25, 0.3) is 0 Å². The monoisotopic (exact) mass is 220 g/mol. The number of rotatable bonds is 0. The van der Waals surface area contributed by atoms with Gasteiger partial charge < -0.3 is 0 Å². The number of ketones is 1. The number of carbonyl (C=O) groups excluding carboxylic acids is 1. The highest BCUT2D eigenvalue weighted by Gasteiger charge is 2.22. The molecule has 0 aromatic heterocycles. The molecular formula is C14H8N2O. The number of nitriles is 2. The van der Waals surface area contributed by atoms with Crippen molar-refractivity contribution in [2.24, 2.45) is 0 Å². The van der Waals surface area contributed by atoms with Gasteiger partial charge in [0.2, 0.25) is 0 Å². The Labute approximate surface area is 98.9 Å². The van der Waals surface area contributed by atoms with E-state index in [9.17, 15) is 4.79 Å². The molecule has 0 atom stereocenters. The minimum absolute atomic E-state index is 0.0318. The van der Waals surface area contributed by atoms with Crippen LogP contribution in [0.4, 0.5) is 0 Å². The van der Waals surface area contributed by atoms with Crippen LogP contribution in [0.15, 0.2) is 41.5 Å². The summed E-state index contributed by atoms with van der Waals surface area (Å²) in [6.07, 6.45) is 1.60. The summed E-state index contributed by atoms with van der Waals surface area (Å²) in [5.74, 6) is -0.0559. The van der Waals surface area contributed by atoms with Crippen LogP contribution in [0.3, 0.4) is 0 Å². The molecule has 0 heterocycles. The van der Waals surface area contributed by atoms with Gasteiger partial charge in [-0.2, -0.15) is 10.5 Å². The van der Waals surface area contributed by atoms with Gasteiger partial charge in [-0.05, 0) is 24.1 Å². The summed E-state index contributed by atoms with van der Waals surface area (Å²) in [6.45, 7) is 1.69. The van der Waals surface area contributed by atoms with Crippen LogP contribution in [0.25, 0.3) is 5.57 Å². The summed E-state index contributed by atoms with van der Waals surface area (Å²) in [5.41, 5.74) is 2.31. The van der Waals surface area contributed by atoms with Crippen LogP contribution in [0.1, 0.15) is 22.8 Å². The van der Waals surface area contributed by atoms with Gasteiger partial charge >= 0.3 is 0 Å². The SMILES string of the molecule is CC1=CC(=C(C#N)C#N)c2ccccc2C1=O. The maximum Gasteiger partial charge on any atom is 0.189 e. The third-order valence-corrected chi connectivity index (χ3v) is 2.67. The van der Waals surface area contributed by atoms with Crippen molar-refractivity contribution >= 4 is 11.4 Å². The fourth-order valence-electron chi connectivity index (χ4n) is 1.84. The number of Topliss-reactive ketones (excluding diaryl/α,β-unsaturated/α-hetero) is 1. The van der Waals surface area contributed by atoms with Gasteiger partial charge in [0.05, 0.1) is 0 Å². The molecule has 3 heteroatoms. The normalized spacial score (nSPS) is 13.2. The number of hydrogen-bond donors (Lipinski definition) is 0. The van der Waals surface area contributed by atoms with Crippen LogP contribution in [0, 0.1) is 22.7 Å². The van der Waals surface area contributed by atoms with Crippen LogP contribution >= 0.6 is 0 Å². The van der Waals surface area contributed by atoms with E-state index >= 15 is 0 Å². The maximum atomic E-state index is 11.9. The van der Waals surface area contributed by atoms with E-state index in [0.29, 0.717) is 22.3 Å². The van der Waals surface area contributed by atoms with Gasteiger partial charge in [-0.15, -0.1) is 0 Å². The molecule has 1 aromatic rings. The zero-order valence-electron chi connectivity index (χ0n) is 9.19. The highest BCUT2D eigenvalue weighted by molar-refractivity contribution is 6.16. The minimum Gasteiger partial charge on any atom is -0.289 e. The van der Waals surface area contributed by atoms with Gasteiger partial charge in [-0.25, -0.2) is 0 Å². The van der Waals surface area contributed by atoms with Crippen molar-refractivity contribution in [1.82, 2.24) is 0 Å². The van der Waals surface area contributed by atoms with Gasteiger partial charge in [0.15, 0.2) is 5.78 Å². The lowest BCUT2D eigenvalue weighted by Crippen LogP contribution is -2.10. The highest BCUT2D eigenvalue weighted by atomic mass is 16.1. The van der Waals surface area contributed by atoms with Gasteiger partial charge in [0.1, 0.15) is 17.7 Å². The smallest absolute Gasteiger partial charge is 0.189 e. The average Bonchev–Trinajstić information content (AvgIpc) is 2.37. The molecule has 0 aliphatic heterocycles. The number of benzene rings is 1. The molecule has 0 amide bonds. The van der Waals surface area contributed by atoms with E-state index in [-0.39, 0.29) is 11.4 Å². The largest absolute Gasteiger partial charge is 0.289 e. The lowest BCUT2D eigenvalue weighted by molar-refractivity contribution is 0.103. The van der Waals surface area contributed by atoms with Crippen LogP contribution in [0.5, 0.6) is 0 Å². The van der Waals surface area contributed by atoms with Crippen molar-refractivity contribution in [3.63, 3.8) is 0 Å². The van der Waals surface area contributed by atoms with E-state index in [0.717, 1.165) is 0 Å². The van der Waals surface area contributed by atoms with Gasteiger partial charge in [-0.3, -0.25) is 4.79 Å². The molecule has 17 heavy (non-hydrogen) atoms. The Hall–Kier alpha value is -2.65. The van der Waals surface area contributed by atoms with Gasteiger partial charge in [0, 0.05) is 11.1 Å². The Morgan fingerprint density at radius 1 is 1.12 bits per heavy atom. The van der Waals surface area contributed by atoms with Crippen molar-refractivity contribution < 1.29 is 4.79 Å². The number of nitrogens with zero attached hydrogens (tertiary/aromatic N) is 2. The van der Waals surface area contributed by atoms with Crippen LogP contribution in [0.2, 0.25) is 0 Å². The zero-order valence-corrected chi connectivity index (χ0v) is 9.19. The van der Waals surface area contributed by atoms with E-state index < -0.39 is 0 Å². The molecule has 0 unspecified atom stereocenters. The van der Waals surface area contributed by atoms with Gasteiger partial charge in [-0.1, -0.05) is 24.3 Å². The first kappa shape index (κ1) is 10.9. The molecule has 3 nitrogen and oxygen atoms in total. The Morgan fingerprint density at radius 2 is 1.71 bits per heavy atom. The lowest BCUT2D eigenvalue weighted by Gasteiger charge is -2.15. The van der Waals surface area contributed by atoms with Crippen molar-refractivity contribution in [3.05, 3.63) is 52.6 Å². The van der Waals surface area contributed by atoms with E-state index in [1.165, 1.54) is 0 Å². The second-order valence-corrected chi connectivity index (χ2v) is 3.71. The highest BCUT2D eigenvalue weighted by Crippen LogP contribution is 2.31. The van der Waals surface area contributed by atoms with E-state index in [4.69, 9.17) is 10.5 Å². The molecule has 0 radical (unpaired) electrons. The van der Waals surface area contributed by atoms with Crippen LogP contribution < -0.4 is 0 Å². The molecule has 0 bridgehead atoms. The molecule has 2 rings (SSSR count). The Bertz CT molecular complexity index is 636. The van der Waals surface area contributed by atoms with Crippen LogP contribution in [-0.2, 0) is 0 Å². The molecule has 1 aromatic carbocycles. The fraction of sp³-hybridized carbons (Fsp3) is 0.0714. The third-order valence-electron chi connectivity index (χ3n) is 2.67. The second-order valence-electron chi connectivity index (χ2n) is 3.71. The molecule has 0 spiro atoms. The summed E-state index contributed by atoms with van der Waals surface area (Å²) in [7, 11) is 0. The average molecular weight is 220 g/mol. The second kappa shape index (κ2) is 4.08. The molecule has 0 fully saturated rings. The van der Waals surface area contributed by atoms with Crippen molar-refractivity contribution in [2.75, 3.05) is 0 Å². The Kier molecular flexibility index (Phi) is 2.60. The van der Waals surface area contributed by atoms with E-state index in [1.807, 2.05) is 12.1 Å². The third kappa shape index (κ3) is 1.64. The summed E-state index contributed by atoms with van der Waals surface area (Å²) >= 11 is 0. The predicted molar refractivity (Wildman–Crippen MR) is 62.7 cm³/mol. The Balaban J connectivity index is 2.82. The van der Waals surface area contributed by atoms with Crippen LogP contribution in [-0.4, -0.2) is 5.78 Å². The first-order chi connectivity index (χ1) is 8.19. The first-order valence-electron chi connectivity index (χ1n) is 5.06. The number of allylic oxidation sites excluding steroid dienone is 4. The summed E-state index contributed by atoms with van der Waals surface area (Å²) in [4.78, 5) is 11.9. The predicted octanol–water partition coefficient (Wildman–Crippen LogP) is 2.63. The molecular weight excluding hydrogens is 212 g/mol. The molecule has 0 N–H and O–H groups in total. The maximum absolute atomic E-state index is 11.9. The van der Waals surface area contributed by atoms with Crippen molar-refractivity contribution in [2.45, 2.75) is 6.92 Å². The molecule has 1 aliphatic carbocycles. The summed E-state index contributed by atoms with van der Waals surface area (Å²) < 4.78 is 0. The van der Waals surface area contributed by atoms with Crippen molar-refractivity contribution in [1.29, 1.82) is 10.5 Å². The standard InChI is InChI=1S/C14H8N2O/c1-9-6-13(10(7-15)8-16)11-4-2-3-5-12(11)14(9)17/h2-6H,1H3. The molecule has 0 saturated heterocycles. The number of fused-ring (bicyclic) bond motifs is 1. The lowest BCUT2D eigenvalue weighted by atomic mass is 9.86. The van der Waals surface area contributed by atoms with E-state index in [2.05, 4.69) is 0 Å². The molecule has 80 valence electrons. The Morgan fingerprint density at radius 3 is 2.29 bits per heavy atom. The molecule has 0 saturated carbocycles. The topological polar surface area (TPSA) is 64.7 Å². The minimum atomic E-state index is -0.0559. The summed E-state index contributed by atoms with van der Waals surface area (Å²) in [5, 5.41) is 17.8. The first-order valence-corrected chi connectivity index (χ1v) is 5.06. The zero-order chi connectivity index (χ0) is 12.4. The quantitative estimate of drug-likeness (QED) is 0.631. The van der Waals surface area contributed by atoms with E-state index in [1.54, 1.807) is 37.3 Å². The fourth-order valence-corrected chi connectivity index (χ4v) is 1.84. The van der Waals surface area contributed by atoms with Crippen molar-refractivity contribution in [3.8, 4) is 12.1 Å². The molecule has 1 aliphatic rings. The number of hydrogen-bond acceptors (Lipinski definition) is 3. The number of carbonyl (C=O) groups is 1.